The molecule has 168 valence electrons. The largest absolute Gasteiger partial charge is 0.497 e. The van der Waals surface area contributed by atoms with Gasteiger partial charge in [0.25, 0.3) is 5.91 Å². The number of hydrogen-bond donors (Lipinski definition) is 1. The second-order valence-electron chi connectivity index (χ2n) is 7.69. The van der Waals surface area contributed by atoms with Crippen molar-refractivity contribution in [2.45, 2.75) is 19.8 Å². The van der Waals surface area contributed by atoms with Crippen LogP contribution in [0.4, 0.5) is 0 Å². The smallest absolute Gasteiger partial charge is 0.251 e. The molecule has 0 bridgehead atoms. The van der Waals surface area contributed by atoms with Crippen LogP contribution in [-0.2, 0) is 0 Å². The molecule has 1 heterocycles. The van der Waals surface area contributed by atoms with E-state index in [-0.39, 0.29) is 5.91 Å². The normalized spacial score (nSPS) is 10.8. The molecule has 4 aromatic rings. The zero-order valence-electron chi connectivity index (χ0n) is 19.1. The molecule has 33 heavy (non-hydrogen) atoms. The summed E-state index contributed by atoms with van der Waals surface area (Å²) in [6, 6.07) is 20.9. The molecule has 0 spiro atoms. The first-order chi connectivity index (χ1) is 16.1. The topological polar surface area (TPSA) is 73.3 Å². The van der Waals surface area contributed by atoms with Gasteiger partial charge in [0.1, 0.15) is 11.5 Å². The fourth-order valence-electron chi connectivity index (χ4n) is 3.58. The van der Waals surface area contributed by atoms with Crippen LogP contribution in [0.3, 0.4) is 0 Å². The summed E-state index contributed by atoms with van der Waals surface area (Å²) in [5.41, 5.74) is 5.30. The van der Waals surface area contributed by atoms with E-state index in [1.165, 1.54) is 0 Å². The number of nitrogens with one attached hydrogen (secondary N) is 1. The zero-order chi connectivity index (χ0) is 23.2. The van der Waals surface area contributed by atoms with E-state index in [0.29, 0.717) is 17.6 Å². The highest BCUT2D eigenvalue weighted by Crippen LogP contribution is 2.33. The minimum absolute atomic E-state index is 0.0996. The van der Waals surface area contributed by atoms with Crippen LogP contribution in [0.25, 0.3) is 33.5 Å². The number of unbranched alkanes of at least 4 members (excludes halogenated alkanes) is 1. The van der Waals surface area contributed by atoms with Crippen molar-refractivity contribution in [3.8, 4) is 34.0 Å². The fraction of sp³-hybridized carbons (Fsp3) is 0.222. The zero-order valence-corrected chi connectivity index (χ0v) is 19.1. The molecule has 0 aliphatic heterocycles. The number of amides is 1. The van der Waals surface area contributed by atoms with E-state index in [1.807, 2.05) is 54.6 Å². The Morgan fingerprint density at radius 1 is 0.788 bits per heavy atom. The molecule has 1 N–H and O–H groups in total. The van der Waals surface area contributed by atoms with Gasteiger partial charge in [-0.05, 0) is 73.2 Å². The lowest BCUT2D eigenvalue weighted by Gasteiger charge is -2.12. The summed E-state index contributed by atoms with van der Waals surface area (Å²) in [6.07, 6.45) is 1.98. The first-order valence-corrected chi connectivity index (χ1v) is 11.0. The number of aromatic nitrogens is 2. The van der Waals surface area contributed by atoms with Crippen molar-refractivity contribution < 1.29 is 14.3 Å². The van der Waals surface area contributed by atoms with Gasteiger partial charge in [-0.1, -0.05) is 13.3 Å². The maximum Gasteiger partial charge on any atom is 0.251 e. The summed E-state index contributed by atoms with van der Waals surface area (Å²) in [4.78, 5) is 22.4. The Labute approximate surface area is 193 Å². The third-order valence-electron chi connectivity index (χ3n) is 5.47. The van der Waals surface area contributed by atoms with Crippen LogP contribution < -0.4 is 14.8 Å². The van der Waals surface area contributed by atoms with E-state index in [2.05, 4.69) is 12.2 Å². The summed E-state index contributed by atoms with van der Waals surface area (Å²) in [6.45, 7) is 2.76. The van der Waals surface area contributed by atoms with E-state index in [0.717, 1.165) is 52.4 Å². The molecule has 3 aromatic carbocycles. The van der Waals surface area contributed by atoms with Gasteiger partial charge in [-0.15, -0.1) is 0 Å². The lowest BCUT2D eigenvalue weighted by Crippen LogP contribution is -2.24. The fourth-order valence-corrected chi connectivity index (χ4v) is 3.58. The first kappa shape index (κ1) is 22.3. The Morgan fingerprint density at radius 3 is 1.85 bits per heavy atom. The van der Waals surface area contributed by atoms with Crippen LogP contribution in [0.2, 0.25) is 0 Å². The predicted octanol–water partition coefficient (Wildman–Crippen LogP) is 5.51. The molecule has 0 saturated carbocycles. The van der Waals surface area contributed by atoms with E-state index in [4.69, 9.17) is 19.4 Å². The van der Waals surface area contributed by atoms with Crippen molar-refractivity contribution in [2.24, 2.45) is 0 Å². The molecule has 0 aliphatic rings. The van der Waals surface area contributed by atoms with Crippen LogP contribution >= 0.6 is 0 Å². The molecule has 4 rings (SSSR count). The molecule has 6 heteroatoms. The summed E-state index contributed by atoms with van der Waals surface area (Å²) in [5, 5.41) is 2.96. The number of rotatable bonds is 8. The summed E-state index contributed by atoms with van der Waals surface area (Å²) >= 11 is 0. The molecule has 1 aromatic heterocycles. The standard InChI is InChI=1S/C27H27N3O3/c1-4-5-16-28-27(31)20-10-15-23-24(17-20)30-26(19-8-13-22(33-3)14-9-19)25(29-23)18-6-11-21(32-2)12-7-18/h6-15,17H,4-5,16H2,1-3H3,(H,28,31). The predicted molar refractivity (Wildman–Crippen MR) is 131 cm³/mol. The van der Waals surface area contributed by atoms with Crippen molar-refractivity contribution in [3.05, 3.63) is 72.3 Å². The van der Waals surface area contributed by atoms with E-state index in [9.17, 15) is 4.79 Å². The maximum absolute atomic E-state index is 12.6. The van der Waals surface area contributed by atoms with Crippen LogP contribution in [0.1, 0.15) is 30.1 Å². The van der Waals surface area contributed by atoms with Crippen LogP contribution in [-0.4, -0.2) is 36.6 Å². The molecule has 0 aliphatic carbocycles. The number of methoxy groups -OCH3 is 2. The van der Waals surface area contributed by atoms with Gasteiger partial charge in [-0.3, -0.25) is 4.79 Å². The number of ether oxygens (including phenoxy) is 2. The van der Waals surface area contributed by atoms with E-state index >= 15 is 0 Å². The van der Waals surface area contributed by atoms with E-state index < -0.39 is 0 Å². The number of fused-ring (bicyclic) bond motifs is 1. The molecule has 6 nitrogen and oxygen atoms in total. The number of hydrogen-bond acceptors (Lipinski definition) is 5. The molecular formula is C27H27N3O3. The van der Waals surface area contributed by atoms with Crippen molar-refractivity contribution >= 4 is 16.9 Å². The number of carbonyl (C=O) groups excluding carboxylic acids is 1. The Hall–Kier alpha value is -3.93. The van der Waals surface area contributed by atoms with Gasteiger partial charge in [0, 0.05) is 23.2 Å². The van der Waals surface area contributed by atoms with Crippen molar-refractivity contribution in [1.82, 2.24) is 15.3 Å². The average molecular weight is 442 g/mol. The van der Waals surface area contributed by atoms with Crippen LogP contribution in [0, 0.1) is 0 Å². The number of carbonyl (C=O) groups is 1. The quantitative estimate of drug-likeness (QED) is 0.365. The van der Waals surface area contributed by atoms with Crippen molar-refractivity contribution in [2.75, 3.05) is 20.8 Å². The second-order valence-corrected chi connectivity index (χ2v) is 7.69. The van der Waals surface area contributed by atoms with Crippen molar-refractivity contribution in [1.29, 1.82) is 0 Å². The van der Waals surface area contributed by atoms with Gasteiger partial charge in [0.15, 0.2) is 0 Å². The highest BCUT2D eigenvalue weighted by molar-refractivity contribution is 5.98. The Balaban J connectivity index is 1.82. The summed E-state index contributed by atoms with van der Waals surface area (Å²) < 4.78 is 10.6. The minimum atomic E-state index is -0.0996. The van der Waals surface area contributed by atoms with Crippen LogP contribution in [0.5, 0.6) is 11.5 Å². The minimum Gasteiger partial charge on any atom is -0.497 e. The third kappa shape index (κ3) is 4.95. The molecule has 0 atom stereocenters. The molecule has 0 unspecified atom stereocenters. The molecule has 1 amide bonds. The number of benzene rings is 3. The lowest BCUT2D eigenvalue weighted by molar-refractivity contribution is 0.0953. The SMILES string of the molecule is CCCCNC(=O)c1ccc2nc(-c3ccc(OC)cc3)c(-c3ccc(OC)cc3)nc2c1. The Morgan fingerprint density at radius 2 is 1.33 bits per heavy atom. The van der Waals surface area contributed by atoms with Gasteiger partial charge in [0.05, 0.1) is 36.6 Å². The molecule has 0 radical (unpaired) electrons. The summed E-state index contributed by atoms with van der Waals surface area (Å²) in [7, 11) is 3.28. The summed E-state index contributed by atoms with van der Waals surface area (Å²) in [5.74, 6) is 1.44. The van der Waals surface area contributed by atoms with E-state index in [1.54, 1.807) is 26.4 Å². The van der Waals surface area contributed by atoms with Gasteiger partial charge in [0.2, 0.25) is 0 Å². The molecule has 0 saturated heterocycles. The highest BCUT2D eigenvalue weighted by atomic mass is 16.5. The first-order valence-electron chi connectivity index (χ1n) is 11.0. The van der Waals surface area contributed by atoms with Gasteiger partial charge >= 0.3 is 0 Å². The van der Waals surface area contributed by atoms with Gasteiger partial charge in [-0.25, -0.2) is 9.97 Å². The highest BCUT2D eigenvalue weighted by Gasteiger charge is 2.15. The van der Waals surface area contributed by atoms with Gasteiger partial charge < -0.3 is 14.8 Å². The monoisotopic (exact) mass is 441 g/mol. The lowest BCUT2D eigenvalue weighted by atomic mass is 10.0. The molecule has 0 fully saturated rings. The maximum atomic E-state index is 12.6. The second kappa shape index (κ2) is 10.1. The third-order valence-corrected chi connectivity index (χ3v) is 5.47. The van der Waals surface area contributed by atoms with Gasteiger partial charge in [-0.2, -0.15) is 0 Å². The average Bonchev–Trinajstić information content (AvgIpc) is 2.87. The molecular weight excluding hydrogens is 414 g/mol. The number of nitrogens with zero attached hydrogens (tertiary/aromatic N) is 2. The Bertz CT molecular complexity index is 1250. The van der Waals surface area contributed by atoms with Crippen LogP contribution in [0.15, 0.2) is 66.7 Å². The Kier molecular flexibility index (Phi) is 6.83. The van der Waals surface area contributed by atoms with Crippen molar-refractivity contribution in [3.63, 3.8) is 0 Å².